The maximum atomic E-state index is 11.8. The molecule has 0 saturated carbocycles. The minimum atomic E-state index is -5.02. The van der Waals surface area contributed by atoms with E-state index in [1.54, 1.807) is 0 Å². The fourth-order valence-corrected chi connectivity index (χ4v) is 1.09. The highest BCUT2D eigenvalue weighted by molar-refractivity contribution is 6.29. The molecule has 0 saturated heterocycles. The van der Waals surface area contributed by atoms with Crippen molar-refractivity contribution in [2.75, 3.05) is 11.9 Å². The van der Waals surface area contributed by atoms with Crippen molar-refractivity contribution < 1.29 is 22.8 Å². The van der Waals surface area contributed by atoms with Crippen molar-refractivity contribution >= 4 is 29.2 Å². The molecular weight excluding hydrogens is 275 g/mol. The third-order valence-electron chi connectivity index (χ3n) is 1.65. The number of carbonyl (C=O) groups excluding carboxylic acids is 2. The van der Waals surface area contributed by atoms with Crippen LogP contribution in [0.1, 0.15) is 0 Å². The molecule has 1 heterocycles. The van der Waals surface area contributed by atoms with Crippen LogP contribution in [0.15, 0.2) is 18.2 Å². The van der Waals surface area contributed by atoms with Crippen LogP contribution in [0.2, 0.25) is 5.15 Å². The van der Waals surface area contributed by atoms with E-state index in [0.717, 1.165) is 0 Å². The number of rotatable bonds is 3. The Kier molecular flexibility index (Phi) is 4.49. The van der Waals surface area contributed by atoms with Crippen molar-refractivity contribution in [3.8, 4) is 0 Å². The molecule has 0 aliphatic carbocycles. The number of hydrogen-bond acceptors (Lipinski definition) is 3. The highest BCUT2D eigenvalue weighted by Gasteiger charge is 2.38. The lowest BCUT2D eigenvalue weighted by atomic mass is 10.4. The number of nitrogens with one attached hydrogen (secondary N) is 2. The molecule has 18 heavy (non-hydrogen) atoms. The van der Waals surface area contributed by atoms with Crippen LogP contribution in [0.25, 0.3) is 0 Å². The van der Waals surface area contributed by atoms with E-state index < -0.39 is 24.5 Å². The molecule has 0 fully saturated rings. The first-order valence-corrected chi connectivity index (χ1v) is 4.94. The van der Waals surface area contributed by atoms with Gasteiger partial charge in [-0.1, -0.05) is 17.7 Å². The number of anilines is 1. The van der Waals surface area contributed by atoms with Crippen molar-refractivity contribution in [1.29, 1.82) is 0 Å². The molecule has 9 heteroatoms. The molecule has 0 bridgehead atoms. The standard InChI is InChI=1S/C9H7ClF3N3O2/c10-5-2-1-3-6(15-5)16-7(17)4-14-8(18)9(11,12)13/h1-3H,4H2,(H,14,18)(H,15,16,17). The van der Waals surface area contributed by atoms with E-state index in [0.29, 0.717) is 0 Å². The zero-order valence-corrected chi connectivity index (χ0v) is 9.47. The fourth-order valence-electron chi connectivity index (χ4n) is 0.926. The van der Waals surface area contributed by atoms with E-state index in [1.807, 2.05) is 0 Å². The monoisotopic (exact) mass is 281 g/mol. The fraction of sp³-hybridized carbons (Fsp3) is 0.222. The second kappa shape index (κ2) is 5.67. The Labute approximate surface area is 104 Å². The van der Waals surface area contributed by atoms with Crippen LogP contribution in [0.4, 0.5) is 19.0 Å². The lowest BCUT2D eigenvalue weighted by molar-refractivity contribution is -0.173. The van der Waals surface area contributed by atoms with Crippen LogP contribution in [0.3, 0.4) is 0 Å². The number of pyridine rings is 1. The normalized spacial score (nSPS) is 10.9. The predicted octanol–water partition coefficient (Wildman–Crippen LogP) is 1.35. The Morgan fingerprint density at radius 1 is 1.33 bits per heavy atom. The summed E-state index contributed by atoms with van der Waals surface area (Å²) in [5.74, 6) is -2.95. The largest absolute Gasteiger partial charge is 0.471 e. The highest BCUT2D eigenvalue weighted by atomic mass is 35.5. The second-order valence-electron chi connectivity index (χ2n) is 3.07. The lowest BCUT2D eigenvalue weighted by Crippen LogP contribution is -2.41. The van der Waals surface area contributed by atoms with Crippen molar-refractivity contribution in [3.63, 3.8) is 0 Å². The van der Waals surface area contributed by atoms with Crippen molar-refractivity contribution in [2.24, 2.45) is 0 Å². The van der Waals surface area contributed by atoms with E-state index in [-0.39, 0.29) is 11.0 Å². The molecule has 5 nitrogen and oxygen atoms in total. The number of alkyl halides is 3. The average molecular weight is 282 g/mol. The summed E-state index contributed by atoms with van der Waals surface area (Å²) in [4.78, 5) is 25.3. The molecule has 1 aromatic rings. The van der Waals surface area contributed by atoms with Gasteiger partial charge in [-0.05, 0) is 12.1 Å². The van der Waals surface area contributed by atoms with Crippen LogP contribution < -0.4 is 10.6 Å². The minimum absolute atomic E-state index is 0.0776. The lowest BCUT2D eigenvalue weighted by Gasteiger charge is -2.08. The molecule has 2 amide bonds. The molecule has 0 aromatic carbocycles. The smallest absolute Gasteiger partial charge is 0.339 e. The maximum absolute atomic E-state index is 11.8. The molecular formula is C9H7ClF3N3O2. The first-order chi connectivity index (χ1) is 8.29. The van der Waals surface area contributed by atoms with Gasteiger partial charge in [-0.25, -0.2) is 4.98 Å². The minimum Gasteiger partial charge on any atom is -0.339 e. The van der Waals surface area contributed by atoms with Crippen LogP contribution in [-0.4, -0.2) is 29.5 Å². The van der Waals surface area contributed by atoms with Gasteiger partial charge in [0.1, 0.15) is 11.0 Å². The van der Waals surface area contributed by atoms with E-state index in [1.165, 1.54) is 23.5 Å². The van der Waals surface area contributed by atoms with E-state index in [4.69, 9.17) is 11.6 Å². The van der Waals surface area contributed by atoms with Gasteiger partial charge in [-0.2, -0.15) is 13.2 Å². The Hall–Kier alpha value is -1.83. The molecule has 0 aliphatic heterocycles. The van der Waals surface area contributed by atoms with Gasteiger partial charge < -0.3 is 10.6 Å². The zero-order chi connectivity index (χ0) is 13.8. The Bertz CT molecular complexity index is 465. The summed E-state index contributed by atoms with van der Waals surface area (Å²) in [6.07, 6.45) is -5.02. The number of halogens is 4. The number of carbonyl (C=O) groups is 2. The Balaban J connectivity index is 2.46. The molecule has 1 aromatic heterocycles. The average Bonchev–Trinajstić information content (AvgIpc) is 2.24. The molecule has 2 N–H and O–H groups in total. The summed E-state index contributed by atoms with van der Waals surface area (Å²) in [6.45, 7) is -0.813. The molecule has 0 aliphatic rings. The van der Waals surface area contributed by atoms with E-state index >= 15 is 0 Å². The molecule has 1 rings (SSSR count). The van der Waals surface area contributed by atoms with Gasteiger partial charge in [0.15, 0.2) is 0 Å². The van der Waals surface area contributed by atoms with Crippen LogP contribution in [0, 0.1) is 0 Å². The van der Waals surface area contributed by atoms with Crippen LogP contribution >= 0.6 is 11.6 Å². The van der Waals surface area contributed by atoms with Crippen molar-refractivity contribution in [2.45, 2.75) is 6.18 Å². The summed E-state index contributed by atoms with van der Waals surface area (Å²) >= 11 is 5.53. The zero-order valence-electron chi connectivity index (χ0n) is 8.71. The summed E-state index contributed by atoms with van der Waals surface area (Å²) < 4.78 is 35.4. The highest BCUT2D eigenvalue weighted by Crippen LogP contribution is 2.13. The van der Waals surface area contributed by atoms with Crippen molar-refractivity contribution in [3.05, 3.63) is 23.4 Å². The van der Waals surface area contributed by atoms with Gasteiger partial charge in [-0.15, -0.1) is 0 Å². The molecule has 98 valence electrons. The van der Waals surface area contributed by atoms with Gasteiger partial charge in [-0.3, -0.25) is 9.59 Å². The summed E-state index contributed by atoms with van der Waals surface area (Å²) in [7, 11) is 0. The van der Waals surface area contributed by atoms with Gasteiger partial charge in [0.05, 0.1) is 6.54 Å². The second-order valence-corrected chi connectivity index (χ2v) is 3.46. The first-order valence-electron chi connectivity index (χ1n) is 4.56. The molecule has 0 atom stereocenters. The van der Waals surface area contributed by atoms with Gasteiger partial charge in [0.2, 0.25) is 5.91 Å². The van der Waals surface area contributed by atoms with Crippen LogP contribution in [-0.2, 0) is 9.59 Å². The Morgan fingerprint density at radius 2 is 2.00 bits per heavy atom. The van der Waals surface area contributed by atoms with Crippen LogP contribution in [0.5, 0.6) is 0 Å². The quantitative estimate of drug-likeness (QED) is 0.822. The summed E-state index contributed by atoms with van der Waals surface area (Å²) in [5, 5.41) is 3.71. The number of hydrogen-bond donors (Lipinski definition) is 2. The van der Waals surface area contributed by atoms with Gasteiger partial charge in [0.25, 0.3) is 0 Å². The molecule has 0 unspecified atom stereocenters. The number of aromatic nitrogens is 1. The van der Waals surface area contributed by atoms with E-state index in [2.05, 4.69) is 10.3 Å². The topological polar surface area (TPSA) is 71.1 Å². The summed E-state index contributed by atoms with van der Waals surface area (Å²) in [6, 6.07) is 4.36. The predicted molar refractivity (Wildman–Crippen MR) is 56.9 cm³/mol. The first kappa shape index (κ1) is 14.2. The summed E-state index contributed by atoms with van der Waals surface area (Å²) in [5.41, 5.74) is 0. The molecule has 0 radical (unpaired) electrons. The maximum Gasteiger partial charge on any atom is 0.471 e. The van der Waals surface area contributed by atoms with Crippen molar-refractivity contribution in [1.82, 2.24) is 10.3 Å². The third kappa shape index (κ3) is 4.58. The number of nitrogens with zero attached hydrogens (tertiary/aromatic N) is 1. The SMILES string of the molecule is O=C(CNC(=O)C(F)(F)F)Nc1cccc(Cl)n1. The third-order valence-corrected chi connectivity index (χ3v) is 1.86. The Morgan fingerprint density at radius 3 is 2.56 bits per heavy atom. The molecule has 0 spiro atoms. The van der Waals surface area contributed by atoms with E-state index in [9.17, 15) is 22.8 Å². The van der Waals surface area contributed by atoms with Gasteiger partial charge in [0, 0.05) is 0 Å². The van der Waals surface area contributed by atoms with Gasteiger partial charge >= 0.3 is 12.1 Å². The number of amides is 2.